The molecule has 1 aromatic heterocycles. The Morgan fingerprint density at radius 3 is 2.85 bits per heavy atom. The van der Waals surface area contributed by atoms with Gasteiger partial charge < -0.3 is 10.1 Å². The fourth-order valence-electron chi connectivity index (χ4n) is 2.05. The smallest absolute Gasteiger partial charge is 0.308 e. The molecule has 1 saturated carbocycles. The average Bonchev–Trinajstić information content (AvgIpc) is 2.81. The van der Waals surface area contributed by atoms with Gasteiger partial charge in [0.2, 0.25) is 5.91 Å². The molecule has 1 amide bonds. The van der Waals surface area contributed by atoms with Crippen molar-refractivity contribution in [1.29, 1.82) is 0 Å². The molecule has 0 bridgehead atoms. The molecule has 9 heteroatoms. The van der Waals surface area contributed by atoms with E-state index in [0.717, 1.165) is 6.20 Å². The summed E-state index contributed by atoms with van der Waals surface area (Å²) in [6.07, 6.45) is 3.39. The van der Waals surface area contributed by atoms with Crippen LogP contribution in [0.2, 0.25) is 0 Å². The summed E-state index contributed by atoms with van der Waals surface area (Å²) in [6.45, 7) is -0.0900. The zero-order chi connectivity index (χ0) is 14.7. The van der Waals surface area contributed by atoms with Crippen LogP contribution in [0.25, 0.3) is 0 Å². The van der Waals surface area contributed by atoms with Gasteiger partial charge in [-0.3, -0.25) is 24.4 Å². The van der Waals surface area contributed by atoms with Gasteiger partial charge in [-0.15, -0.1) is 0 Å². The van der Waals surface area contributed by atoms with Gasteiger partial charge in [0, 0.05) is 6.04 Å². The van der Waals surface area contributed by atoms with Crippen LogP contribution in [0.15, 0.2) is 12.4 Å². The summed E-state index contributed by atoms with van der Waals surface area (Å²) in [5, 5.41) is 16.9. The Bertz CT molecular complexity index is 535. The third-order valence-electron chi connectivity index (χ3n) is 3.17. The molecule has 0 saturated heterocycles. The lowest BCUT2D eigenvalue weighted by molar-refractivity contribution is -0.385. The maximum atomic E-state index is 11.7. The molecule has 1 aliphatic carbocycles. The zero-order valence-corrected chi connectivity index (χ0v) is 10.8. The van der Waals surface area contributed by atoms with Crippen molar-refractivity contribution in [1.82, 2.24) is 15.1 Å². The number of aromatic nitrogens is 2. The zero-order valence-electron chi connectivity index (χ0n) is 10.8. The first-order chi connectivity index (χ1) is 9.49. The minimum Gasteiger partial charge on any atom is -0.469 e. The van der Waals surface area contributed by atoms with Crippen molar-refractivity contribution in [3.63, 3.8) is 0 Å². The number of nitrogens with one attached hydrogen (secondary N) is 1. The van der Waals surface area contributed by atoms with Gasteiger partial charge in [0.15, 0.2) is 0 Å². The Hall–Kier alpha value is -2.45. The van der Waals surface area contributed by atoms with Crippen LogP contribution in [0.3, 0.4) is 0 Å². The van der Waals surface area contributed by atoms with E-state index in [0.29, 0.717) is 12.8 Å². The molecule has 0 aromatic carbocycles. The second-order valence-electron chi connectivity index (χ2n) is 4.61. The number of methoxy groups -OCH3 is 1. The molecule has 0 atom stereocenters. The van der Waals surface area contributed by atoms with E-state index in [1.54, 1.807) is 0 Å². The van der Waals surface area contributed by atoms with Crippen LogP contribution in [0.5, 0.6) is 0 Å². The first kappa shape index (κ1) is 14.0. The number of ether oxygens (including phenoxy) is 1. The van der Waals surface area contributed by atoms with Crippen molar-refractivity contribution in [2.45, 2.75) is 25.4 Å². The van der Waals surface area contributed by atoms with Crippen LogP contribution in [-0.2, 0) is 20.9 Å². The first-order valence-electron chi connectivity index (χ1n) is 6.03. The Balaban J connectivity index is 1.76. The highest BCUT2D eigenvalue weighted by atomic mass is 16.6. The average molecular weight is 282 g/mol. The lowest BCUT2D eigenvalue weighted by Crippen LogP contribution is -2.47. The Morgan fingerprint density at radius 2 is 2.30 bits per heavy atom. The summed E-state index contributed by atoms with van der Waals surface area (Å²) in [5.74, 6) is -0.717. The third kappa shape index (κ3) is 3.11. The summed E-state index contributed by atoms with van der Waals surface area (Å²) < 4.78 is 5.80. The summed E-state index contributed by atoms with van der Waals surface area (Å²) in [5.41, 5.74) is -0.160. The number of rotatable bonds is 5. The fraction of sp³-hybridized carbons (Fsp3) is 0.545. The van der Waals surface area contributed by atoms with E-state index >= 15 is 0 Å². The summed E-state index contributed by atoms with van der Waals surface area (Å²) >= 11 is 0. The first-order valence-corrected chi connectivity index (χ1v) is 6.03. The number of hydrogen-bond acceptors (Lipinski definition) is 6. The molecule has 0 unspecified atom stereocenters. The van der Waals surface area contributed by atoms with Gasteiger partial charge in [0.25, 0.3) is 0 Å². The van der Waals surface area contributed by atoms with E-state index in [1.807, 2.05) is 0 Å². The van der Waals surface area contributed by atoms with Gasteiger partial charge in [-0.2, -0.15) is 5.10 Å². The maximum absolute atomic E-state index is 11.7. The Kier molecular flexibility index (Phi) is 3.97. The van der Waals surface area contributed by atoms with E-state index in [9.17, 15) is 19.7 Å². The minimum absolute atomic E-state index is 0.0582. The molecular weight excluding hydrogens is 268 g/mol. The predicted molar refractivity (Wildman–Crippen MR) is 65.6 cm³/mol. The van der Waals surface area contributed by atoms with E-state index < -0.39 is 4.92 Å². The van der Waals surface area contributed by atoms with E-state index in [4.69, 9.17) is 0 Å². The van der Waals surface area contributed by atoms with Crippen molar-refractivity contribution >= 4 is 17.6 Å². The largest absolute Gasteiger partial charge is 0.469 e. The quantitative estimate of drug-likeness (QED) is 0.456. The van der Waals surface area contributed by atoms with E-state index in [1.165, 1.54) is 18.0 Å². The highest BCUT2D eigenvalue weighted by molar-refractivity contribution is 5.77. The van der Waals surface area contributed by atoms with E-state index in [2.05, 4.69) is 15.2 Å². The minimum atomic E-state index is -0.575. The van der Waals surface area contributed by atoms with Gasteiger partial charge in [-0.05, 0) is 12.8 Å². The molecule has 1 aromatic rings. The van der Waals surface area contributed by atoms with Gasteiger partial charge >= 0.3 is 11.7 Å². The van der Waals surface area contributed by atoms with Gasteiger partial charge in [-0.1, -0.05) is 0 Å². The predicted octanol–water partition coefficient (Wildman–Crippen LogP) is -0.141. The molecule has 1 fully saturated rings. The molecule has 1 aliphatic rings. The lowest BCUT2D eigenvalue weighted by Gasteiger charge is -2.33. The molecule has 1 N–H and O–H groups in total. The fourth-order valence-corrected chi connectivity index (χ4v) is 2.05. The van der Waals surface area contributed by atoms with Crippen molar-refractivity contribution in [3.8, 4) is 0 Å². The van der Waals surface area contributed by atoms with Crippen molar-refractivity contribution < 1.29 is 19.2 Å². The van der Waals surface area contributed by atoms with Crippen LogP contribution in [-0.4, -0.2) is 39.7 Å². The number of carbonyl (C=O) groups excluding carboxylic acids is 2. The van der Waals surface area contributed by atoms with Gasteiger partial charge in [0.05, 0.1) is 18.0 Å². The monoisotopic (exact) mass is 282 g/mol. The van der Waals surface area contributed by atoms with Crippen LogP contribution >= 0.6 is 0 Å². The summed E-state index contributed by atoms with van der Waals surface area (Å²) in [6, 6.07) is -0.0582. The van der Waals surface area contributed by atoms with Crippen molar-refractivity contribution in [2.75, 3.05) is 7.11 Å². The van der Waals surface area contributed by atoms with Crippen LogP contribution in [0.4, 0.5) is 5.69 Å². The van der Waals surface area contributed by atoms with Gasteiger partial charge in [0.1, 0.15) is 18.9 Å². The second-order valence-corrected chi connectivity index (χ2v) is 4.61. The number of esters is 1. The number of nitro groups is 1. The Labute approximate surface area is 114 Å². The van der Waals surface area contributed by atoms with Crippen molar-refractivity contribution in [2.24, 2.45) is 5.92 Å². The lowest BCUT2D eigenvalue weighted by atomic mass is 9.80. The third-order valence-corrected chi connectivity index (χ3v) is 3.17. The molecule has 0 aliphatic heterocycles. The van der Waals surface area contributed by atoms with Crippen LogP contribution in [0.1, 0.15) is 12.8 Å². The van der Waals surface area contributed by atoms with Crippen molar-refractivity contribution in [3.05, 3.63) is 22.5 Å². The normalized spacial score (nSPS) is 20.9. The molecule has 2 rings (SSSR count). The summed E-state index contributed by atoms with van der Waals surface area (Å²) in [7, 11) is 1.33. The van der Waals surface area contributed by atoms with E-state index in [-0.39, 0.29) is 36.1 Å². The molecule has 9 nitrogen and oxygen atoms in total. The number of hydrogen-bond donors (Lipinski definition) is 1. The standard InChI is InChI=1S/C11H14N4O5/c1-20-11(17)7-2-8(3-7)13-10(16)6-14-5-9(4-12-14)15(18)19/h4-5,7-8H,2-3,6H2,1H3,(H,13,16). The number of nitrogens with zero attached hydrogens (tertiary/aromatic N) is 3. The molecule has 1 heterocycles. The number of carbonyl (C=O) groups is 2. The second kappa shape index (κ2) is 5.68. The SMILES string of the molecule is COC(=O)C1CC(NC(=O)Cn2cc([N+](=O)[O-])cn2)C1. The highest BCUT2D eigenvalue weighted by Gasteiger charge is 2.36. The molecular formula is C11H14N4O5. The Morgan fingerprint density at radius 1 is 1.60 bits per heavy atom. The topological polar surface area (TPSA) is 116 Å². The van der Waals surface area contributed by atoms with Crippen LogP contribution < -0.4 is 5.32 Å². The maximum Gasteiger partial charge on any atom is 0.308 e. The molecule has 20 heavy (non-hydrogen) atoms. The highest BCUT2D eigenvalue weighted by Crippen LogP contribution is 2.28. The molecule has 108 valence electrons. The molecule has 0 spiro atoms. The number of amides is 1. The van der Waals surface area contributed by atoms with Crippen LogP contribution in [0, 0.1) is 16.0 Å². The summed E-state index contributed by atoms with van der Waals surface area (Å²) in [4.78, 5) is 32.7. The van der Waals surface area contributed by atoms with Gasteiger partial charge in [-0.25, -0.2) is 0 Å². The molecule has 0 radical (unpaired) electrons.